The first-order valence-corrected chi connectivity index (χ1v) is 4.97. The Labute approximate surface area is 98.8 Å². The van der Waals surface area contributed by atoms with Crippen LogP contribution in [0.2, 0.25) is 0 Å². The maximum atomic E-state index is 10.8. The normalized spacial score (nSPS) is 9.69. The number of nitrogens with zero attached hydrogens (tertiary/aromatic N) is 2. The second-order valence-electron chi connectivity index (χ2n) is 3.49. The number of hydrogen-bond acceptors (Lipinski definition) is 4. The maximum Gasteiger partial charge on any atom is 0.311 e. The van der Waals surface area contributed by atoms with Crippen molar-refractivity contribution in [1.82, 2.24) is 4.90 Å². The fourth-order valence-corrected chi connectivity index (χ4v) is 1.13. The van der Waals surface area contributed by atoms with E-state index in [9.17, 15) is 10.1 Å². The monoisotopic (exact) mass is 240 g/mol. The van der Waals surface area contributed by atoms with Crippen molar-refractivity contribution >= 4 is 23.1 Å². The van der Waals surface area contributed by atoms with Crippen LogP contribution in [0, 0.1) is 17.0 Å². The zero-order valence-electron chi connectivity index (χ0n) is 9.26. The number of rotatable bonds is 2. The quantitative estimate of drug-likeness (QED) is 0.450. The molecule has 5 nitrogen and oxygen atoms in total. The van der Waals surface area contributed by atoms with Gasteiger partial charge in [0.2, 0.25) is 5.75 Å². The molecule has 1 aromatic carbocycles. The third-order valence-electron chi connectivity index (χ3n) is 1.87. The Bertz CT molecular complexity index is 432. The number of aryl methyl sites for hydroxylation is 1. The van der Waals surface area contributed by atoms with Gasteiger partial charge in [-0.05, 0) is 30.8 Å². The number of nitro benzene ring substituents is 1. The molecule has 6 heteroatoms. The molecule has 0 unspecified atom stereocenters. The highest BCUT2D eigenvalue weighted by Gasteiger charge is 2.17. The Kier molecular flexibility index (Phi) is 3.78. The SMILES string of the molecule is Cc1ccc([N+](=O)[O-])c(OC(=S)N(C)C)c1. The third-order valence-corrected chi connectivity index (χ3v) is 2.32. The molecule has 16 heavy (non-hydrogen) atoms. The van der Waals surface area contributed by atoms with Crippen LogP contribution in [0.25, 0.3) is 0 Å². The van der Waals surface area contributed by atoms with Crippen molar-refractivity contribution in [3.63, 3.8) is 0 Å². The average molecular weight is 240 g/mol. The summed E-state index contributed by atoms with van der Waals surface area (Å²) in [5, 5.41) is 10.9. The molecule has 0 aliphatic heterocycles. The predicted molar refractivity (Wildman–Crippen MR) is 64.7 cm³/mol. The highest BCUT2D eigenvalue weighted by atomic mass is 32.1. The number of benzene rings is 1. The van der Waals surface area contributed by atoms with E-state index in [1.165, 1.54) is 6.07 Å². The molecule has 0 saturated carbocycles. The van der Waals surface area contributed by atoms with Gasteiger partial charge in [0.25, 0.3) is 5.17 Å². The molecule has 0 heterocycles. The molecule has 0 fully saturated rings. The summed E-state index contributed by atoms with van der Waals surface area (Å²) in [7, 11) is 3.42. The van der Waals surface area contributed by atoms with Crippen molar-refractivity contribution in [3.05, 3.63) is 33.9 Å². The van der Waals surface area contributed by atoms with Crippen molar-refractivity contribution in [2.24, 2.45) is 0 Å². The lowest BCUT2D eigenvalue weighted by atomic mass is 10.2. The Hall–Kier alpha value is -1.69. The lowest BCUT2D eigenvalue weighted by Crippen LogP contribution is -2.25. The number of nitro groups is 1. The van der Waals surface area contributed by atoms with Crippen LogP contribution in [-0.4, -0.2) is 29.1 Å². The summed E-state index contributed by atoms with van der Waals surface area (Å²) in [6.07, 6.45) is 0. The standard InChI is InChI=1S/C10H12N2O3S/c1-7-4-5-8(12(13)14)9(6-7)15-10(16)11(2)3/h4-6H,1-3H3. The Morgan fingerprint density at radius 1 is 1.50 bits per heavy atom. The molecule has 0 amide bonds. The molecule has 0 N–H and O–H groups in total. The van der Waals surface area contributed by atoms with Crippen LogP contribution >= 0.6 is 12.2 Å². The summed E-state index contributed by atoms with van der Waals surface area (Å²) in [4.78, 5) is 11.8. The van der Waals surface area contributed by atoms with Gasteiger partial charge in [-0.3, -0.25) is 10.1 Å². The van der Waals surface area contributed by atoms with Gasteiger partial charge in [0, 0.05) is 20.2 Å². The van der Waals surface area contributed by atoms with Crippen molar-refractivity contribution in [1.29, 1.82) is 0 Å². The van der Waals surface area contributed by atoms with Gasteiger partial charge in [0.1, 0.15) is 0 Å². The second-order valence-corrected chi connectivity index (χ2v) is 3.84. The summed E-state index contributed by atoms with van der Waals surface area (Å²) in [6, 6.07) is 4.65. The molecule has 0 bridgehead atoms. The van der Waals surface area contributed by atoms with Gasteiger partial charge >= 0.3 is 5.69 Å². The van der Waals surface area contributed by atoms with Gasteiger partial charge in [0.15, 0.2) is 0 Å². The van der Waals surface area contributed by atoms with Crippen molar-refractivity contribution in [3.8, 4) is 5.75 Å². The van der Waals surface area contributed by atoms with E-state index in [4.69, 9.17) is 17.0 Å². The molecule has 1 aromatic rings. The van der Waals surface area contributed by atoms with E-state index in [0.29, 0.717) is 0 Å². The Balaban J connectivity index is 3.06. The Morgan fingerprint density at radius 3 is 2.62 bits per heavy atom. The zero-order chi connectivity index (χ0) is 12.3. The molecular formula is C10H12N2O3S. The number of hydrogen-bond donors (Lipinski definition) is 0. The summed E-state index contributed by atoms with van der Waals surface area (Å²) >= 11 is 4.93. The highest BCUT2D eigenvalue weighted by molar-refractivity contribution is 7.80. The minimum absolute atomic E-state index is 0.0881. The van der Waals surface area contributed by atoms with Crippen molar-refractivity contribution < 1.29 is 9.66 Å². The minimum atomic E-state index is -0.493. The van der Waals surface area contributed by atoms with Gasteiger partial charge in [-0.1, -0.05) is 6.07 Å². The first-order valence-electron chi connectivity index (χ1n) is 4.56. The van der Waals surface area contributed by atoms with Gasteiger partial charge in [-0.2, -0.15) is 0 Å². The van der Waals surface area contributed by atoms with Crippen LogP contribution in [0.1, 0.15) is 5.56 Å². The Morgan fingerprint density at radius 2 is 2.12 bits per heavy atom. The largest absolute Gasteiger partial charge is 0.424 e. The summed E-state index contributed by atoms with van der Waals surface area (Å²) in [5.74, 6) is 0.170. The van der Waals surface area contributed by atoms with Gasteiger partial charge in [0.05, 0.1) is 4.92 Å². The molecule has 86 valence electrons. The lowest BCUT2D eigenvalue weighted by Gasteiger charge is -2.14. The highest BCUT2D eigenvalue weighted by Crippen LogP contribution is 2.28. The molecule has 0 spiro atoms. The van der Waals surface area contributed by atoms with Crippen LogP contribution < -0.4 is 4.74 Å². The predicted octanol–water partition coefficient (Wildman–Crippen LogP) is 2.13. The maximum absolute atomic E-state index is 10.8. The lowest BCUT2D eigenvalue weighted by molar-refractivity contribution is -0.385. The van der Waals surface area contributed by atoms with Crippen molar-refractivity contribution in [2.75, 3.05) is 14.1 Å². The van der Waals surface area contributed by atoms with Crippen LogP contribution in [0.3, 0.4) is 0 Å². The van der Waals surface area contributed by atoms with E-state index in [-0.39, 0.29) is 16.6 Å². The molecule has 0 radical (unpaired) electrons. The fraction of sp³-hybridized carbons (Fsp3) is 0.300. The van der Waals surface area contributed by atoms with Crippen LogP contribution in [0.15, 0.2) is 18.2 Å². The molecule has 0 aliphatic rings. The average Bonchev–Trinajstić information content (AvgIpc) is 2.16. The fourth-order valence-electron chi connectivity index (χ4n) is 1.04. The van der Waals surface area contributed by atoms with E-state index >= 15 is 0 Å². The van der Waals surface area contributed by atoms with E-state index in [1.54, 1.807) is 31.1 Å². The molecule has 0 atom stereocenters. The molecule has 0 aliphatic carbocycles. The first kappa shape index (κ1) is 12.4. The molecular weight excluding hydrogens is 228 g/mol. The van der Waals surface area contributed by atoms with E-state index in [2.05, 4.69) is 0 Å². The second kappa shape index (κ2) is 4.89. The summed E-state index contributed by atoms with van der Waals surface area (Å²) < 4.78 is 5.26. The third kappa shape index (κ3) is 2.90. The van der Waals surface area contributed by atoms with E-state index < -0.39 is 4.92 Å². The topological polar surface area (TPSA) is 55.6 Å². The van der Waals surface area contributed by atoms with E-state index in [1.807, 2.05) is 6.92 Å². The van der Waals surface area contributed by atoms with Gasteiger partial charge in [-0.25, -0.2) is 0 Å². The van der Waals surface area contributed by atoms with Crippen LogP contribution in [-0.2, 0) is 0 Å². The van der Waals surface area contributed by atoms with E-state index in [0.717, 1.165) is 5.56 Å². The summed E-state index contributed by atoms with van der Waals surface area (Å²) in [5.41, 5.74) is 0.789. The van der Waals surface area contributed by atoms with Crippen LogP contribution in [0.5, 0.6) is 5.75 Å². The number of ether oxygens (including phenoxy) is 1. The smallest absolute Gasteiger partial charge is 0.311 e. The van der Waals surface area contributed by atoms with Gasteiger partial charge < -0.3 is 9.64 Å². The molecule has 0 saturated heterocycles. The molecule has 1 rings (SSSR count). The zero-order valence-corrected chi connectivity index (χ0v) is 10.1. The minimum Gasteiger partial charge on any atom is -0.424 e. The number of thiocarbonyl (C=S) groups is 1. The first-order chi connectivity index (χ1) is 7.41. The van der Waals surface area contributed by atoms with Crippen molar-refractivity contribution in [2.45, 2.75) is 6.92 Å². The molecule has 0 aromatic heterocycles. The van der Waals surface area contributed by atoms with Crippen LogP contribution in [0.4, 0.5) is 5.69 Å². The van der Waals surface area contributed by atoms with Gasteiger partial charge in [-0.15, -0.1) is 0 Å². The summed E-state index contributed by atoms with van der Waals surface area (Å²) in [6.45, 7) is 1.83.